The van der Waals surface area contributed by atoms with Gasteiger partial charge < -0.3 is 5.32 Å². The fourth-order valence-corrected chi connectivity index (χ4v) is 2.56. The Bertz CT molecular complexity index is 669. The zero-order valence-electron chi connectivity index (χ0n) is 11.9. The van der Waals surface area contributed by atoms with E-state index in [1.165, 1.54) is 16.8 Å². The van der Waals surface area contributed by atoms with Crippen LogP contribution < -0.4 is 5.32 Å². The van der Waals surface area contributed by atoms with Gasteiger partial charge in [-0.25, -0.2) is 13.5 Å². The van der Waals surface area contributed by atoms with Crippen LogP contribution >= 0.6 is 15.9 Å². The monoisotopic (exact) mass is 355 g/mol. The standard InChI is InChI=1S/C15H16BrF2N3/c1-8-14(16)9(2)21(20-8)15-12(17)5-10(6-13(15)18)7-19-11-3-4-11/h5-6,11,19H,3-4,7H2,1-2H3. The summed E-state index contributed by atoms with van der Waals surface area (Å²) in [6.45, 7) is 4.04. The number of hydrogen-bond acceptors (Lipinski definition) is 2. The van der Waals surface area contributed by atoms with Crippen molar-refractivity contribution in [1.29, 1.82) is 0 Å². The summed E-state index contributed by atoms with van der Waals surface area (Å²) >= 11 is 3.37. The van der Waals surface area contributed by atoms with Gasteiger partial charge in [-0.3, -0.25) is 0 Å². The Morgan fingerprint density at radius 2 is 1.90 bits per heavy atom. The Balaban J connectivity index is 1.96. The first kappa shape index (κ1) is 14.7. The molecular weight excluding hydrogens is 340 g/mol. The molecule has 1 aliphatic rings. The molecule has 3 nitrogen and oxygen atoms in total. The fourth-order valence-electron chi connectivity index (χ4n) is 2.31. The van der Waals surface area contributed by atoms with Crippen molar-refractivity contribution in [3.05, 3.63) is 45.2 Å². The SMILES string of the molecule is Cc1nn(-c2c(F)cc(CNC3CC3)cc2F)c(C)c1Br. The largest absolute Gasteiger partial charge is 0.310 e. The highest BCUT2D eigenvalue weighted by Crippen LogP contribution is 2.27. The summed E-state index contributed by atoms with van der Waals surface area (Å²) in [6, 6.07) is 3.25. The van der Waals surface area contributed by atoms with E-state index in [2.05, 4.69) is 26.3 Å². The van der Waals surface area contributed by atoms with Gasteiger partial charge in [-0.2, -0.15) is 5.10 Å². The highest BCUT2D eigenvalue weighted by Gasteiger charge is 2.22. The average Bonchev–Trinajstić information content (AvgIpc) is 3.21. The van der Waals surface area contributed by atoms with Gasteiger partial charge in [0.2, 0.25) is 0 Å². The van der Waals surface area contributed by atoms with E-state index in [-0.39, 0.29) is 5.69 Å². The molecule has 1 fully saturated rings. The number of halogens is 3. The van der Waals surface area contributed by atoms with Gasteiger partial charge >= 0.3 is 0 Å². The van der Waals surface area contributed by atoms with Gasteiger partial charge in [-0.1, -0.05) is 0 Å². The molecular formula is C15H16BrF2N3. The third-order valence-electron chi connectivity index (χ3n) is 3.66. The number of aryl methyl sites for hydroxylation is 1. The highest BCUT2D eigenvalue weighted by atomic mass is 79.9. The van der Waals surface area contributed by atoms with E-state index < -0.39 is 11.6 Å². The number of nitrogens with zero attached hydrogens (tertiary/aromatic N) is 2. The molecule has 1 aromatic carbocycles. The molecule has 2 aromatic rings. The lowest BCUT2D eigenvalue weighted by atomic mass is 10.1. The summed E-state index contributed by atoms with van der Waals surface area (Å²) < 4.78 is 30.7. The van der Waals surface area contributed by atoms with Crippen molar-refractivity contribution in [1.82, 2.24) is 15.1 Å². The molecule has 1 heterocycles. The predicted octanol–water partition coefficient (Wildman–Crippen LogP) is 3.78. The smallest absolute Gasteiger partial charge is 0.152 e. The van der Waals surface area contributed by atoms with Crippen LogP contribution in [-0.2, 0) is 6.54 Å². The van der Waals surface area contributed by atoms with E-state index in [0.29, 0.717) is 29.5 Å². The lowest BCUT2D eigenvalue weighted by Gasteiger charge is -2.10. The zero-order chi connectivity index (χ0) is 15.1. The maximum Gasteiger partial charge on any atom is 0.152 e. The van der Waals surface area contributed by atoms with Gasteiger partial charge in [0.25, 0.3) is 0 Å². The summed E-state index contributed by atoms with van der Waals surface area (Å²) in [6.07, 6.45) is 2.28. The third-order valence-corrected chi connectivity index (χ3v) is 4.81. The van der Waals surface area contributed by atoms with Gasteiger partial charge in [-0.15, -0.1) is 0 Å². The molecule has 6 heteroatoms. The van der Waals surface area contributed by atoms with Crippen molar-refractivity contribution in [3.63, 3.8) is 0 Å². The molecule has 1 N–H and O–H groups in total. The van der Waals surface area contributed by atoms with Crippen LogP contribution in [0.4, 0.5) is 8.78 Å². The molecule has 1 aliphatic carbocycles. The fraction of sp³-hybridized carbons (Fsp3) is 0.400. The summed E-state index contributed by atoms with van der Waals surface area (Å²) in [7, 11) is 0. The zero-order valence-corrected chi connectivity index (χ0v) is 13.5. The molecule has 3 rings (SSSR count). The van der Waals surface area contributed by atoms with Gasteiger partial charge in [0.1, 0.15) is 5.69 Å². The maximum atomic E-state index is 14.3. The lowest BCUT2D eigenvalue weighted by Crippen LogP contribution is -2.16. The van der Waals surface area contributed by atoms with Gasteiger partial charge in [0.05, 0.1) is 15.9 Å². The molecule has 0 bridgehead atoms. The normalized spacial score (nSPS) is 14.7. The number of nitrogens with one attached hydrogen (secondary N) is 1. The van der Waals surface area contributed by atoms with E-state index in [1.54, 1.807) is 13.8 Å². The summed E-state index contributed by atoms with van der Waals surface area (Å²) in [5.41, 5.74) is 1.86. The quantitative estimate of drug-likeness (QED) is 0.904. The second kappa shape index (κ2) is 5.50. The predicted molar refractivity (Wildman–Crippen MR) is 80.5 cm³/mol. The van der Waals surface area contributed by atoms with Crippen molar-refractivity contribution >= 4 is 15.9 Å². The van der Waals surface area contributed by atoms with E-state index in [4.69, 9.17) is 0 Å². The topological polar surface area (TPSA) is 29.9 Å². The Morgan fingerprint density at radius 1 is 1.29 bits per heavy atom. The van der Waals surface area contributed by atoms with Crippen LogP contribution in [0.5, 0.6) is 0 Å². The Hall–Kier alpha value is -1.27. The van der Waals surface area contributed by atoms with Crippen LogP contribution in [0.15, 0.2) is 16.6 Å². The summed E-state index contributed by atoms with van der Waals surface area (Å²) in [5, 5.41) is 7.44. The van der Waals surface area contributed by atoms with E-state index >= 15 is 0 Å². The number of benzene rings is 1. The molecule has 0 unspecified atom stereocenters. The summed E-state index contributed by atoms with van der Waals surface area (Å²) in [5.74, 6) is -1.19. The lowest BCUT2D eigenvalue weighted by molar-refractivity contribution is 0.550. The van der Waals surface area contributed by atoms with Crippen LogP contribution in [0.1, 0.15) is 29.8 Å². The second-order valence-corrected chi connectivity index (χ2v) is 6.25. The van der Waals surface area contributed by atoms with E-state index in [9.17, 15) is 8.78 Å². The minimum atomic E-state index is -0.597. The van der Waals surface area contributed by atoms with Crippen LogP contribution in [0, 0.1) is 25.5 Å². The van der Waals surface area contributed by atoms with Gasteiger partial charge in [-0.05, 0) is 60.3 Å². The van der Waals surface area contributed by atoms with Crippen LogP contribution in [0.3, 0.4) is 0 Å². The van der Waals surface area contributed by atoms with Gasteiger partial charge in [0, 0.05) is 12.6 Å². The molecule has 1 aromatic heterocycles. The highest BCUT2D eigenvalue weighted by molar-refractivity contribution is 9.10. The Kier molecular flexibility index (Phi) is 3.84. The summed E-state index contributed by atoms with van der Waals surface area (Å²) in [4.78, 5) is 0. The average molecular weight is 356 g/mol. The minimum absolute atomic E-state index is 0.128. The minimum Gasteiger partial charge on any atom is -0.310 e. The maximum absolute atomic E-state index is 14.3. The molecule has 21 heavy (non-hydrogen) atoms. The van der Waals surface area contributed by atoms with Crippen molar-refractivity contribution in [2.45, 2.75) is 39.3 Å². The first-order valence-corrected chi connectivity index (χ1v) is 7.70. The molecule has 0 saturated heterocycles. The molecule has 0 amide bonds. The third kappa shape index (κ3) is 2.87. The first-order chi connectivity index (χ1) is 9.97. The van der Waals surface area contributed by atoms with Crippen LogP contribution in [0.25, 0.3) is 5.69 Å². The van der Waals surface area contributed by atoms with Crippen molar-refractivity contribution in [3.8, 4) is 5.69 Å². The van der Waals surface area contributed by atoms with Crippen molar-refractivity contribution in [2.24, 2.45) is 0 Å². The molecule has 0 radical (unpaired) electrons. The molecule has 112 valence electrons. The second-order valence-electron chi connectivity index (χ2n) is 5.46. The van der Waals surface area contributed by atoms with Crippen molar-refractivity contribution in [2.75, 3.05) is 0 Å². The Morgan fingerprint density at radius 3 is 2.38 bits per heavy atom. The number of aromatic nitrogens is 2. The Labute approximate surface area is 130 Å². The first-order valence-electron chi connectivity index (χ1n) is 6.90. The van der Waals surface area contributed by atoms with E-state index in [0.717, 1.165) is 17.3 Å². The molecule has 1 saturated carbocycles. The molecule has 0 spiro atoms. The van der Waals surface area contributed by atoms with Crippen molar-refractivity contribution < 1.29 is 8.78 Å². The number of rotatable bonds is 4. The number of hydrogen-bond donors (Lipinski definition) is 1. The van der Waals surface area contributed by atoms with Crippen LogP contribution in [0.2, 0.25) is 0 Å². The molecule has 0 atom stereocenters. The van der Waals surface area contributed by atoms with E-state index in [1.807, 2.05) is 0 Å². The van der Waals surface area contributed by atoms with Crippen LogP contribution in [-0.4, -0.2) is 15.8 Å². The molecule has 0 aliphatic heterocycles. The van der Waals surface area contributed by atoms with Gasteiger partial charge in [0.15, 0.2) is 11.6 Å².